The minimum absolute atomic E-state index is 0.166. The molecule has 0 radical (unpaired) electrons. The first-order valence-corrected chi connectivity index (χ1v) is 3.92. The molecule has 0 aliphatic rings. The maximum Gasteiger partial charge on any atom is 0.171 e. The van der Waals surface area contributed by atoms with Gasteiger partial charge in [-0.25, -0.2) is 0 Å². The molecule has 0 saturated heterocycles. The lowest BCUT2D eigenvalue weighted by atomic mass is 9.91. The minimum Gasteiger partial charge on any atom is -0.361 e. The second kappa shape index (κ2) is 3.09. The van der Waals surface area contributed by atoms with Crippen LogP contribution in [0.4, 0.5) is 0 Å². The number of rotatable bonds is 2. The Morgan fingerprint density at radius 2 is 2.25 bits per heavy atom. The molecule has 0 amide bonds. The molecule has 1 heterocycles. The third kappa shape index (κ3) is 2.49. The average molecular weight is 167 g/mol. The van der Waals surface area contributed by atoms with Gasteiger partial charge in [-0.3, -0.25) is 4.79 Å². The van der Waals surface area contributed by atoms with Crippen LogP contribution in [0.15, 0.2) is 10.6 Å². The highest BCUT2D eigenvalue weighted by Gasteiger charge is 2.14. The smallest absolute Gasteiger partial charge is 0.171 e. The number of hydrogen-bond acceptors (Lipinski definition) is 3. The van der Waals surface area contributed by atoms with Gasteiger partial charge in [0.05, 0.1) is 0 Å². The third-order valence-corrected chi connectivity index (χ3v) is 1.40. The summed E-state index contributed by atoms with van der Waals surface area (Å²) in [6.45, 7) is 6.32. The summed E-state index contributed by atoms with van der Waals surface area (Å²) in [5.74, 6) is 0.768. The molecule has 0 atom stereocenters. The normalized spacial score (nSPS) is 11.6. The maximum absolute atomic E-state index is 10.3. The lowest BCUT2D eigenvalue weighted by molar-refractivity contribution is 0.111. The second-order valence-electron chi connectivity index (χ2n) is 4.07. The third-order valence-electron chi connectivity index (χ3n) is 1.40. The van der Waals surface area contributed by atoms with Gasteiger partial charge >= 0.3 is 0 Å². The fourth-order valence-corrected chi connectivity index (χ4v) is 0.991. The van der Waals surface area contributed by atoms with Gasteiger partial charge < -0.3 is 4.52 Å². The summed E-state index contributed by atoms with van der Waals surface area (Å²) >= 11 is 0. The van der Waals surface area contributed by atoms with Crippen molar-refractivity contribution in [2.24, 2.45) is 5.41 Å². The van der Waals surface area contributed by atoms with Crippen molar-refractivity contribution in [3.8, 4) is 0 Å². The summed E-state index contributed by atoms with van der Waals surface area (Å²) in [6.07, 6.45) is 1.49. The summed E-state index contributed by atoms with van der Waals surface area (Å²) in [5.41, 5.74) is 0.536. The average Bonchev–Trinajstić information content (AvgIpc) is 2.32. The molecule has 0 saturated carbocycles. The topological polar surface area (TPSA) is 43.1 Å². The summed E-state index contributed by atoms with van der Waals surface area (Å²) in [6, 6.07) is 1.68. The van der Waals surface area contributed by atoms with Crippen molar-refractivity contribution in [3.05, 3.63) is 17.5 Å². The van der Waals surface area contributed by atoms with E-state index < -0.39 is 0 Å². The van der Waals surface area contributed by atoms with Crippen LogP contribution in [-0.2, 0) is 6.42 Å². The molecule has 12 heavy (non-hydrogen) atoms. The first-order chi connectivity index (χ1) is 5.51. The van der Waals surface area contributed by atoms with E-state index in [1.807, 2.05) is 0 Å². The quantitative estimate of drug-likeness (QED) is 0.633. The standard InChI is InChI=1S/C9H13NO2/c1-9(2,3)5-8-4-7(6-11)10-12-8/h4,6H,5H2,1-3H3. The molecule has 0 unspecified atom stereocenters. The molecule has 1 aromatic rings. The number of nitrogens with zero attached hydrogens (tertiary/aromatic N) is 1. The van der Waals surface area contributed by atoms with Crippen molar-refractivity contribution in [2.45, 2.75) is 27.2 Å². The van der Waals surface area contributed by atoms with Crippen LogP contribution < -0.4 is 0 Å². The minimum atomic E-state index is 0.166. The van der Waals surface area contributed by atoms with Gasteiger partial charge in [-0.2, -0.15) is 0 Å². The lowest BCUT2D eigenvalue weighted by Gasteiger charge is -2.14. The van der Waals surface area contributed by atoms with Crippen molar-refractivity contribution in [2.75, 3.05) is 0 Å². The van der Waals surface area contributed by atoms with Crippen molar-refractivity contribution in [3.63, 3.8) is 0 Å². The summed E-state index contributed by atoms with van der Waals surface area (Å²) in [7, 11) is 0. The van der Waals surface area contributed by atoms with E-state index in [2.05, 4.69) is 25.9 Å². The Balaban J connectivity index is 2.70. The zero-order valence-corrected chi connectivity index (χ0v) is 7.63. The van der Waals surface area contributed by atoms with Gasteiger partial charge in [0.1, 0.15) is 11.5 Å². The largest absolute Gasteiger partial charge is 0.361 e. The van der Waals surface area contributed by atoms with E-state index in [4.69, 9.17) is 4.52 Å². The van der Waals surface area contributed by atoms with Gasteiger partial charge in [-0.05, 0) is 5.41 Å². The van der Waals surface area contributed by atoms with Gasteiger partial charge in [-0.1, -0.05) is 25.9 Å². The van der Waals surface area contributed by atoms with Crippen molar-refractivity contribution < 1.29 is 9.32 Å². The number of carbonyl (C=O) groups excluding carboxylic acids is 1. The molecular formula is C9H13NO2. The Bertz CT molecular complexity index is 270. The predicted octanol–water partition coefficient (Wildman–Crippen LogP) is 2.08. The Hall–Kier alpha value is -1.12. The van der Waals surface area contributed by atoms with Gasteiger partial charge in [0.25, 0.3) is 0 Å². The van der Waals surface area contributed by atoms with E-state index in [9.17, 15) is 4.79 Å². The number of aromatic nitrogens is 1. The second-order valence-corrected chi connectivity index (χ2v) is 4.07. The summed E-state index contributed by atoms with van der Waals surface area (Å²) in [4.78, 5) is 10.3. The Morgan fingerprint density at radius 3 is 2.67 bits per heavy atom. The van der Waals surface area contributed by atoms with Crippen molar-refractivity contribution in [1.82, 2.24) is 5.16 Å². The summed E-state index contributed by atoms with van der Waals surface area (Å²) in [5, 5.41) is 3.58. The fourth-order valence-electron chi connectivity index (χ4n) is 0.991. The highest BCUT2D eigenvalue weighted by Crippen LogP contribution is 2.20. The van der Waals surface area contributed by atoms with Crippen molar-refractivity contribution in [1.29, 1.82) is 0 Å². The van der Waals surface area contributed by atoms with Gasteiger partial charge in [0.2, 0.25) is 0 Å². The zero-order valence-electron chi connectivity index (χ0n) is 7.63. The van der Waals surface area contributed by atoms with E-state index >= 15 is 0 Å². The van der Waals surface area contributed by atoms with Crippen LogP contribution >= 0.6 is 0 Å². The Kier molecular flexibility index (Phi) is 2.31. The monoisotopic (exact) mass is 167 g/mol. The lowest BCUT2D eigenvalue weighted by Crippen LogP contribution is -2.08. The van der Waals surface area contributed by atoms with Crippen molar-refractivity contribution >= 4 is 6.29 Å². The molecule has 3 heteroatoms. The van der Waals surface area contributed by atoms with E-state index in [0.29, 0.717) is 12.0 Å². The summed E-state index contributed by atoms with van der Waals surface area (Å²) < 4.78 is 4.95. The van der Waals surface area contributed by atoms with Gasteiger partial charge in [0.15, 0.2) is 6.29 Å². The molecule has 0 fully saturated rings. The number of carbonyl (C=O) groups is 1. The maximum atomic E-state index is 10.3. The van der Waals surface area contributed by atoms with E-state index in [-0.39, 0.29) is 5.41 Å². The molecule has 0 bridgehead atoms. The van der Waals surface area contributed by atoms with Crippen LogP contribution in [-0.4, -0.2) is 11.4 Å². The van der Waals surface area contributed by atoms with Crippen LogP contribution in [0.25, 0.3) is 0 Å². The van der Waals surface area contributed by atoms with Gasteiger partial charge in [-0.15, -0.1) is 0 Å². The van der Waals surface area contributed by atoms with E-state index in [0.717, 1.165) is 12.2 Å². The highest BCUT2D eigenvalue weighted by molar-refractivity contribution is 5.71. The Morgan fingerprint density at radius 1 is 1.58 bits per heavy atom. The molecule has 3 nitrogen and oxygen atoms in total. The molecular weight excluding hydrogens is 154 g/mol. The van der Waals surface area contributed by atoms with Crippen LogP contribution in [0.3, 0.4) is 0 Å². The SMILES string of the molecule is CC(C)(C)Cc1cc(C=O)no1. The molecule has 66 valence electrons. The number of aldehydes is 1. The molecule has 0 aliphatic carbocycles. The molecule has 0 spiro atoms. The van der Waals surface area contributed by atoms with E-state index in [1.54, 1.807) is 6.07 Å². The molecule has 0 aliphatic heterocycles. The zero-order chi connectivity index (χ0) is 9.19. The van der Waals surface area contributed by atoms with E-state index in [1.165, 1.54) is 0 Å². The Labute approximate surface area is 71.7 Å². The highest BCUT2D eigenvalue weighted by atomic mass is 16.5. The predicted molar refractivity (Wildman–Crippen MR) is 45.0 cm³/mol. The fraction of sp³-hybridized carbons (Fsp3) is 0.556. The van der Waals surface area contributed by atoms with Crippen LogP contribution in [0, 0.1) is 5.41 Å². The first-order valence-electron chi connectivity index (χ1n) is 3.92. The molecule has 0 N–H and O–H groups in total. The van der Waals surface area contributed by atoms with Crippen LogP contribution in [0.5, 0.6) is 0 Å². The molecule has 1 rings (SSSR count). The number of hydrogen-bond donors (Lipinski definition) is 0. The first kappa shape index (κ1) is 8.97. The molecule has 0 aromatic carbocycles. The van der Waals surface area contributed by atoms with Crippen LogP contribution in [0.2, 0.25) is 0 Å². The van der Waals surface area contributed by atoms with Gasteiger partial charge in [0, 0.05) is 12.5 Å². The molecule has 1 aromatic heterocycles. The van der Waals surface area contributed by atoms with Crippen LogP contribution in [0.1, 0.15) is 37.0 Å².